The third-order valence-electron chi connectivity index (χ3n) is 3.43. The van der Waals surface area contributed by atoms with E-state index in [2.05, 4.69) is 19.1 Å². The van der Waals surface area contributed by atoms with Gasteiger partial charge in [0.05, 0.1) is 0 Å². The summed E-state index contributed by atoms with van der Waals surface area (Å²) in [6.07, 6.45) is 16.5. The number of phenolic OH excluding ortho intramolecular Hbond substituents is 1. The molecule has 0 fully saturated rings. The van der Waals surface area contributed by atoms with Crippen molar-refractivity contribution in [2.75, 3.05) is 0 Å². The lowest BCUT2D eigenvalue weighted by Gasteiger charge is -2.00. The third-order valence-corrected chi connectivity index (χ3v) is 3.43. The van der Waals surface area contributed by atoms with E-state index in [1.807, 2.05) is 12.1 Å². The summed E-state index contributed by atoms with van der Waals surface area (Å²) in [4.78, 5) is 0. The lowest BCUT2D eigenvalue weighted by Crippen LogP contribution is -1.80. The van der Waals surface area contributed by atoms with E-state index in [4.69, 9.17) is 0 Å². The minimum Gasteiger partial charge on any atom is -0.508 e. The molecule has 106 valence electrons. The average Bonchev–Trinajstić information content (AvgIpc) is 2.43. The van der Waals surface area contributed by atoms with Crippen LogP contribution in [0.2, 0.25) is 0 Å². The van der Waals surface area contributed by atoms with Gasteiger partial charge in [0, 0.05) is 0 Å². The predicted octanol–water partition coefficient (Wildman–Crippen LogP) is 5.94. The molecule has 0 atom stereocenters. The highest BCUT2D eigenvalue weighted by Gasteiger charge is 1.91. The van der Waals surface area contributed by atoms with Crippen LogP contribution in [0.1, 0.15) is 70.3 Å². The third kappa shape index (κ3) is 8.47. The maximum Gasteiger partial charge on any atom is 0.115 e. The number of hydrogen-bond donors (Lipinski definition) is 1. The highest BCUT2D eigenvalue weighted by molar-refractivity contribution is 5.50. The van der Waals surface area contributed by atoms with E-state index in [9.17, 15) is 5.11 Å². The monoisotopic (exact) mass is 260 g/mol. The molecule has 1 nitrogen and oxygen atoms in total. The summed E-state index contributed by atoms with van der Waals surface area (Å²) >= 11 is 0. The molecule has 19 heavy (non-hydrogen) atoms. The van der Waals surface area contributed by atoms with Crippen molar-refractivity contribution in [3.05, 3.63) is 35.9 Å². The van der Waals surface area contributed by atoms with Crippen LogP contribution < -0.4 is 0 Å². The molecule has 0 amide bonds. The molecule has 0 heterocycles. The second kappa shape index (κ2) is 10.7. The van der Waals surface area contributed by atoms with E-state index in [1.54, 1.807) is 12.1 Å². The van der Waals surface area contributed by atoms with Crippen LogP contribution in [0.4, 0.5) is 0 Å². The van der Waals surface area contributed by atoms with E-state index in [0.29, 0.717) is 5.75 Å². The zero-order valence-corrected chi connectivity index (χ0v) is 12.3. The molecule has 0 aromatic heterocycles. The number of hydrogen-bond acceptors (Lipinski definition) is 1. The molecule has 1 aromatic carbocycles. The lowest BCUT2D eigenvalue weighted by molar-refractivity contribution is 0.475. The van der Waals surface area contributed by atoms with Crippen molar-refractivity contribution in [3.63, 3.8) is 0 Å². The smallest absolute Gasteiger partial charge is 0.115 e. The standard InChI is InChI=1S/C18H28O/c1-2-3-4-5-6-7-8-9-10-11-12-17-13-15-18(19)16-14-17/h11-16,19H,2-10H2,1H3/b12-11+. The van der Waals surface area contributed by atoms with Crippen molar-refractivity contribution in [1.82, 2.24) is 0 Å². The molecule has 1 rings (SSSR count). The maximum atomic E-state index is 9.18. The molecular weight excluding hydrogens is 232 g/mol. The molecule has 0 aliphatic carbocycles. The van der Waals surface area contributed by atoms with Gasteiger partial charge in [0.15, 0.2) is 0 Å². The van der Waals surface area contributed by atoms with E-state index in [1.165, 1.54) is 51.4 Å². The van der Waals surface area contributed by atoms with Gasteiger partial charge < -0.3 is 5.11 Å². The van der Waals surface area contributed by atoms with Crippen molar-refractivity contribution in [2.24, 2.45) is 0 Å². The van der Waals surface area contributed by atoms with Gasteiger partial charge in [0.1, 0.15) is 5.75 Å². The van der Waals surface area contributed by atoms with Gasteiger partial charge in [0.2, 0.25) is 0 Å². The van der Waals surface area contributed by atoms with E-state index in [0.717, 1.165) is 12.0 Å². The van der Waals surface area contributed by atoms with Gasteiger partial charge in [-0.25, -0.2) is 0 Å². The lowest BCUT2D eigenvalue weighted by atomic mass is 10.1. The number of phenols is 1. The molecule has 0 saturated carbocycles. The molecule has 0 radical (unpaired) electrons. The van der Waals surface area contributed by atoms with Crippen molar-refractivity contribution >= 4 is 6.08 Å². The Morgan fingerprint density at radius 3 is 2.05 bits per heavy atom. The van der Waals surface area contributed by atoms with Gasteiger partial charge in [-0.1, -0.05) is 76.2 Å². The predicted molar refractivity (Wildman–Crippen MR) is 84.4 cm³/mol. The largest absolute Gasteiger partial charge is 0.508 e. The first-order valence-corrected chi connectivity index (χ1v) is 7.78. The number of allylic oxidation sites excluding steroid dienone is 1. The van der Waals surface area contributed by atoms with Gasteiger partial charge in [-0.05, 0) is 30.5 Å². The van der Waals surface area contributed by atoms with Gasteiger partial charge in [-0.15, -0.1) is 0 Å². The molecule has 0 aliphatic rings. The second-order valence-electron chi connectivity index (χ2n) is 5.26. The number of aromatic hydroxyl groups is 1. The maximum absolute atomic E-state index is 9.18. The Bertz CT molecular complexity index is 337. The van der Waals surface area contributed by atoms with Crippen molar-refractivity contribution in [1.29, 1.82) is 0 Å². The van der Waals surface area contributed by atoms with Crippen LogP contribution in [-0.2, 0) is 0 Å². The Balaban J connectivity index is 1.97. The van der Waals surface area contributed by atoms with E-state index < -0.39 is 0 Å². The Labute approximate surface area is 118 Å². The molecule has 1 N–H and O–H groups in total. The molecule has 0 spiro atoms. The summed E-state index contributed by atoms with van der Waals surface area (Å²) in [6.45, 7) is 2.26. The molecule has 0 unspecified atom stereocenters. The van der Waals surface area contributed by atoms with Crippen LogP contribution in [0.25, 0.3) is 6.08 Å². The summed E-state index contributed by atoms with van der Waals surface area (Å²) in [5, 5.41) is 9.18. The van der Waals surface area contributed by atoms with Gasteiger partial charge in [0.25, 0.3) is 0 Å². The van der Waals surface area contributed by atoms with Crippen LogP contribution in [-0.4, -0.2) is 5.11 Å². The van der Waals surface area contributed by atoms with Crippen molar-refractivity contribution in [3.8, 4) is 5.75 Å². The van der Waals surface area contributed by atoms with Crippen molar-refractivity contribution < 1.29 is 5.11 Å². The van der Waals surface area contributed by atoms with E-state index >= 15 is 0 Å². The quantitative estimate of drug-likeness (QED) is 0.516. The van der Waals surface area contributed by atoms with Gasteiger partial charge >= 0.3 is 0 Å². The molecular formula is C18H28O. The topological polar surface area (TPSA) is 20.2 Å². The van der Waals surface area contributed by atoms with Crippen molar-refractivity contribution in [2.45, 2.75) is 64.7 Å². The van der Waals surface area contributed by atoms with Crippen LogP contribution in [0.15, 0.2) is 30.3 Å². The molecule has 1 aromatic rings. The Hall–Kier alpha value is -1.24. The fourth-order valence-corrected chi connectivity index (χ4v) is 2.20. The molecule has 0 saturated heterocycles. The first kappa shape index (κ1) is 15.8. The van der Waals surface area contributed by atoms with Gasteiger partial charge in [-0.2, -0.15) is 0 Å². The summed E-state index contributed by atoms with van der Waals surface area (Å²) in [6, 6.07) is 7.35. The Morgan fingerprint density at radius 2 is 1.42 bits per heavy atom. The Kier molecular flexibility index (Phi) is 8.87. The van der Waals surface area contributed by atoms with Gasteiger partial charge in [-0.3, -0.25) is 0 Å². The van der Waals surface area contributed by atoms with E-state index in [-0.39, 0.29) is 0 Å². The van der Waals surface area contributed by atoms with Crippen LogP contribution >= 0.6 is 0 Å². The number of rotatable bonds is 10. The fraction of sp³-hybridized carbons (Fsp3) is 0.556. The summed E-state index contributed by atoms with van der Waals surface area (Å²) in [5.74, 6) is 0.334. The highest BCUT2D eigenvalue weighted by Crippen LogP contribution is 2.13. The second-order valence-corrected chi connectivity index (χ2v) is 5.26. The highest BCUT2D eigenvalue weighted by atomic mass is 16.3. The SMILES string of the molecule is CCCCCCCCCC/C=C/c1ccc(O)cc1. The summed E-state index contributed by atoms with van der Waals surface area (Å²) in [7, 11) is 0. The molecule has 1 heteroatoms. The fourth-order valence-electron chi connectivity index (χ4n) is 2.20. The summed E-state index contributed by atoms with van der Waals surface area (Å²) in [5.41, 5.74) is 1.16. The number of benzene rings is 1. The van der Waals surface area contributed by atoms with Crippen LogP contribution in [0.3, 0.4) is 0 Å². The average molecular weight is 260 g/mol. The zero-order chi connectivity index (χ0) is 13.8. The molecule has 0 bridgehead atoms. The normalized spacial score (nSPS) is 11.2. The zero-order valence-electron chi connectivity index (χ0n) is 12.3. The van der Waals surface area contributed by atoms with Crippen LogP contribution in [0.5, 0.6) is 5.75 Å². The minimum absolute atomic E-state index is 0.334. The van der Waals surface area contributed by atoms with Crippen LogP contribution in [0, 0.1) is 0 Å². The Morgan fingerprint density at radius 1 is 0.842 bits per heavy atom. The molecule has 0 aliphatic heterocycles. The first-order valence-electron chi connectivity index (χ1n) is 7.78. The number of unbranched alkanes of at least 4 members (excludes halogenated alkanes) is 8. The minimum atomic E-state index is 0.334. The first-order chi connectivity index (χ1) is 9.33. The summed E-state index contributed by atoms with van der Waals surface area (Å²) < 4.78 is 0.